The van der Waals surface area contributed by atoms with Crippen LogP contribution in [0.3, 0.4) is 0 Å². The molecular formula is C11H16F3NO3. The van der Waals surface area contributed by atoms with E-state index in [1.807, 2.05) is 0 Å². The zero-order valence-electron chi connectivity index (χ0n) is 10.5. The van der Waals surface area contributed by atoms with Crippen LogP contribution in [-0.2, 0) is 9.53 Å². The fourth-order valence-corrected chi connectivity index (χ4v) is 1.61. The van der Waals surface area contributed by atoms with Gasteiger partial charge in [-0.2, -0.15) is 13.2 Å². The third-order valence-electron chi connectivity index (χ3n) is 2.47. The van der Waals surface area contributed by atoms with Crippen LogP contribution in [0, 0.1) is 5.92 Å². The Kier molecular flexibility index (Phi) is 3.92. The Hall–Kier alpha value is -1.27. The summed E-state index contributed by atoms with van der Waals surface area (Å²) in [5.74, 6) is -2.97. The summed E-state index contributed by atoms with van der Waals surface area (Å²) < 4.78 is 42.7. The van der Waals surface area contributed by atoms with Gasteiger partial charge in [0.2, 0.25) is 0 Å². The Morgan fingerprint density at radius 1 is 1.33 bits per heavy atom. The minimum absolute atomic E-state index is 0.0275. The van der Waals surface area contributed by atoms with Crippen molar-refractivity contribution < 1.29 is 27.5 Å². The minimum atomic E-state index is -4.61. The number of Topliss-reactive ketones (excluding diaryl/α,β-unsaturated/α-hetero) is 1. The molecule has 0 bridgehead atoms. The smallest absolute Gasteiger partial charge is 0.410 e. The van der Waals surface area contributed by atoms with Crippen LogP contribution >= 0.6 is 0 Å². The highest BCUT2D eigenvalue weighted by Gasteiger charge is 2.48. The molecule has 0 saturated carbocycles. The lowest BCUT2D eigenvalue weighted by Crippen LogP contribution is -2.50. The maximum atomic E-state index is 12.6. The average molecular weight is 267 g/mol. The lowest BCUT2D eigenvalue weighted by molar-refractivity contribution is -0.188. The van der Waals surface area contributed by atoms with Crippen LogP contribution in [0.25, 0.3) is 0 Å². The van der Waals surface area contributed by atoms with Gasteiger partial charge in [-0.25, -0.2) is 4.79 Å². The topological polar surface area (TPSA) is 46.6 Å². The summed E-state index contributed by atoms with van der Waals surface area (Å²) in [7, 11) is 0. The van der Waals surface area contributed by atoms with E-state index in [9.17, 15) is 22.8 Å². The first kappa shape index (κ1) is 14.8. The van der Waals surface area contributed by atoms with Gasteiger partial charge in [-0.3, -0.25) is 4.79 Å². The molecule has 0 aliphatic carbocycles. The van der Waals surface area contributed by atoms with E-state index in [1.54, 1.807) is 20.8 Å². The van der Waals surface area contributed by atoms with E-state index in [1.165, 1.54) is 0 Å². The molecule has 1 fully saturated rings. The van der Waals surface area contributed by atoms with Crippen LogP contribution in [-0.4, -0.2) is 41.6 Å². The van der Waals surface area contributed by atoms with Gasteiger partial charge in [0.25, 0.3) is 0 Å². The van der Waals surface area contributed by atoms with Gasteiger partial charge in [0.1, 0.15) is 17.3 Å². The third kappa shape index (κ3) is 3.89. The molecule has 0 aromatic rings. The normalized spacial score (nSPS) is 22.0. The highest BCUT2D eigenvalue weighted by atomic mass is 19.4. The average Bonchev–Trinajstić information content (AvgIpc) is 2.13. The lowest BCUT2D eigenvalue weighted by Gasteiger charge is -2.33. The van der Waals surface area contributed by atoms with Gasteiger partial charge in [-0.1, -0.05) is 0 Å². The molecule has 1 aliphatic rings. The van der Waals surface area contributed by atoms with Crippen molar-refractivity contribution in [3.63, 3.8) is 0 Å². The summed E-state index contributed by atoms with van der Waals surface area (Å²) in [6, 6.07) is 0. The van der Waals surface area contributed by atoms with E-state index in [4.69, 9.17) is 4.74 Å². The van der Waals surface area contributed by atoms with Crippen molar-refractivity contribution >= 4 is 11.9 Å². The molecule has 1 saturated heterocycles. The second-order valence-electron chi connectivity index (χ2n) is 5.24. The number of hydrogen-bond acceptors (Lipinski definition) is 3. The quantitative estimate of drug-likeness (QED) is 0.677. The van der Waals surface area contributed by atoms with Gasteiger partial charge in [0, 0.05) is 19.5 Å². The SMILES string of the molecule is CC(C)(C)OC(=O)N1CCC(=O)[C@@H](C(F)(F)F)C1. The highest BCUT2D eigenvalue weighted by Crippen LogP contribution is 2.31. The summed E-state index contributed by atoms with van der Waals surface area (Å²) in [5, 5.41) is 0. The number of rotatable bonds is 0. The molecule has 0 radical (unpaired) electrons. The molecule has 7 heteroatoms. The van der Waals surface area contributed by atoms with Crippen molar-refractivity contribution in [3.8, 4) is 0 Å². The summed E-state index contributed by atoms with van der Waals surface area (Å²) in [6.45, 7) is 4.20. The van der Waals surface area contributed by atoms with Crippen LogP contribution in [0.4, 0.5) is 18.0 Å². The first-order valence-electron chi connectivity index (χ1n) is 5.58. The van der Waals surface area contributed by atoms with Crippen LogP contribution in [0.5, 0.6) is 0 Å². The number of carbonyl (C=O) groups is 2. The molecule has 1 aliphatic heterocycles. The Morgan fingerprint density at radius 3 is 2.33 bits per heavy atom. The number of ketones is 1. The van der Waals surface area contributed by atoms with Crippen LogP contribution in [0.1, 0.15) is 27.2 Å². The van der Waals surface area contributed by atoms with E-state index in [0.29, 0.717) is 0 Å². The van der Waals surface area contributed by atoms with Crippen molar-refractivity contribution in [2.45, 2.75) is 39.0 Å². The van der Waals surface area contributed by atoms with Gasteiger partial charge in [0.05, 0.1) is 0 Å². The van der Waals surface area contributed by atoms with Gasteiger partial charge in [0.15, 0.2) is 0 Å². The highest BCUT2D eigenvalue weighted by molar-refractivity contribution is 5.84. The minimum Gasteiger partial charge on any atom is -0.444 e. The number of carbonyl (C=O) groups excluding carboxylic acids is 2. The molecular weight excluding hydrogens is 251 g/mol. The van der Waals surface area contributed by atoms with Gasteiger partial charge in [-0.15, -0.1) is 0 Å². The fourth-order valence-electron chi connectivity index (χ4n) is 1.61. The first-order valence-corrected chi connectivity index (χ1v) is 5.58. The number of piperidine rings is 1. The van der Waals surface area contributed by atoms with Gasteiger partial charge >= 0.3 is 12.3 Å². The van der Waals surface area contributed by atoms with Crippen molar-refractivity contribution in [2.24, 2.45) is 5.92 Å². The first-order chi connectivity index (χ1) is 8.00. The summed E-state index contributed by atoms with van der Waals surface area (Å²) in [5.41, 5.74) is -0.772. The molecule has 0 aromatic heterocycles. The monoisotopic (exact) mass is 267 g/mol. The van der Waals surface area contributed by atoms with E-state index in [-0.39, 0.29) is 13.0 Å². The molecule has 1 atom stereocenters. The van der Waals surface area contributed by atoms with Crippen molar-refractivity contribution in [1.29, 1.82) is 0 Å². The Morgan fingerprint density at radius 2 is 1.89 bits per heavy atom. The molecule has 0 unspecified atom stereocenters. The van der Waals surface area contributed by atoms with E-state index in [0.717, 1.165) is 4.90 Å². The van der Waals surface area contributed by atoms with Crippen LogP contribution < -0.4 is 0 Å². The second kappa shape index (κ2) is 4.78. The van der Waals surface area contributed by atoms with Crippen LogP contribution in [0.15, 0.2) is 0 Å². The molecule has 4 nitrogen and oxygen atoms in total. The van der Waals surface area contributed by atoms with Gasteiger partial charge < -0.3 is 9.64 Å². The van der Waals surface area contributed by atoms with E-state index < -0.39 is 36.1 Å². The maximum absolute atomic E-state index is 12.6. The van der Waals surface area contributed by atoms with E-state index in [2.05, 4.69) is 0 Å². The number of nitrogens with zero attached hydrogens (tertiary/aromatic N) is 1. The summed E-state index contributed by atoms with van der Waals surface area (Å²) in [6.07, 6.45) is -5.72. The second-order valence-corrected chi connectivity index (χ2v) is 5.24. The zero-order valence-corrected chi connectivity index (χ0v) is 10.5. The maximum Gasteiger partial charge on any atom is 0.410 e. The largest absolute Gasteiger partial charge is 0.444 e. The number of ether oxygens (including phenoxy) is 1. The number of amides is 1. The third-order valence-corrected chi connectivity index (χ3v) is 2.47. The Labute approximate surface area is 103 Å². The lowest BCUT2D eigenvalue weighted by atomic mass is 9.96. The molecule has 0 spiro atoms. The molecule has 1 heterocycles. The molecule has 1 amide bonds. The number of halogens is 3. The zero-order chi connectivity index (χ0) is 14.1. The molecule has 1 rings (SSSR count). The van der Waals surface area contributed by atoms with Crippen molar-refractivity contribution in [3.05, 3.63) is 0 Å². The van der Waals surface area contributed by atoms with E-state index >= 15 is 0 Å². The number of alkyl halides is 3. The number of likely N-dealkylation sites (tertiary alicyclic amines) is 1. The molecule has 0 aromatic carbocycles. The van der Waals surface area contributed by atoms with Gasteiger partial charge in [-0.05, 0) is 20.8 Å². The van der Waals surface area contributed by atoms with Crippen LogP contribution in [0.2, 0.25) is 0 Å². The summed E-state index contributed by atoms with van der Waals surface area (Å²) >= 11 is 0. The Bertz CT molecular complexity index is 346. The van der Waals surface area contributed by atoms with Crippen molar-refractivity contribution in [1.82, 2.24) is 4.90 Å². The number of hydrogen-bond donors (Lipinski definition) is 0. The Balaban J connectivity index is 2.71. The van der Waals surface area contributed by atoms with Crippen molar-refractivity contribution in [2.75, 3.05) is 13.1 Å². The molecule has 0 N–H and O–H groups in total. The predicted octanol–water partition coefficient (Wildman–Crippen LogP) is 2.37. The predicted molar refractivity (Wildman–Crippen MR) is 57.0 cm³/mol. The summed E-state index contributed by atoms with van der Waals surface area (Å²) in [4.78, 5) is 23.7. The fraction of sp³-hybridized carbons (Fsp3) is 0.818. The molecule has 18 heavy (non-hydrogen) atoms. The molecule has 104 valence electrons. The standard InChI is InChI=1S/C11H16F3NO3/c1-10(2,3)18-9(17)15-5-4-8(16)7(6-15)11(12,13)14/h7H,4-6H2,1-3H3/t7-/m0/s1.